The number of hydrogen-bond acceptors (Lipinski definition) is 8. The zero-order valence-electron chi connectivity index (χ0n) is 24.3. The van der Waals surface area contributed by atoms with Crippen LogP contribution in [0.5, 0.6) is 11.5 Å². The van der Waals surface area contributed by atoms with E-state index in [0.717, 1.165) is 22.1 Å². The number of imide groups is 1. The minimum atomic E-state index is -0.799. The molecule has 9 nitrogen and oxygen atoms in total. The number of nitrogens with zero attached hydrogens (tertiary/aromatic N) is 2. The number of ether oxygens (including phenoxy) is 2. The molecule has 7 rings (SSSR count). The number of thiazole rings is 1. The number of nitrogens with one attached hydrogen (secondary N) is 1. The molecule has 226 valence electrons. The fraction of sp³-hybridized carbons (Fsp3) is 0.176. The average molecular weight is 638 g/mol. The van der Waals surface area contributed by atoms with Crippen molar-refractivity contribution in [3.8, 4) is 11.5 Å². The summed E-state index contributed by atoms with van der Waals surface area (Å²) < 4.78 is 12.4. The molecule has 2 aliphatic heterocycles. The zero-order chi connectivity index (χ0) is 31.2. The summed E-state index contributed by atoms with van der Waals surface area (Å²) in [6, 6.07) is 27.6. The van der Waals surface area contributed by atoms with Gasteiger partial charge in [-0.3, -0.25) is 23.7 Å². The molecule has 4 aromatic carbocycles. The van der Waals surface area contributed by atoms with Gasteiger partial charge < -0.3 is 14.8 Å². The van der Waals surface area contributed by atoms with Crippen LogP contribution in [0.15, 0.2) is 101 Å². The van der Waals surface area contributed by atoms with Crippen molar-refractivity contribution in [3.05, 3.63) is 111 Å². The van der Waals surface area contributed by atoms with Gasteiger partial charge in [-0.1, -0.05) is 77.7 Å². The summed E-state index contributed by atoms with van der Waals surface area (Å²) in [5, 5.41) is 4.64. The summed E-state index contributed by atoms with van der Waals surface area (Å²) in [5.41, 5.74) is 1.81. The molecule has 0 aliphatic carbocycles. The molecule has 1 fully saturated rings. The van der Waals surface area contributed by atoms with Gasteiger partial charge in [0.05, 0.1) is 30.9 Å². The van der Waals surface area contributed by atoms with E-state index in [1.54, 1.807) is 36.4 Å². The van der Waals surface area contributed by atoms with E-state index in [2.05, 4.69) is 5.32 Å². The first kappa shape index (κ1) is 28.9. The summed E-state index contributed by atoms with van der Waals surface area (Å²) in [6.07, 6.45) is 0. The maximum atomic E-state index is 14.1. The highest BCUT2D eigenvalue weighted by Gasteiger charge is 2.57. The van der Waals surface area contributed by atoms with E-state index in [9.17, 15) is 19.2 Å². The van der Waals surface area contributed by atoms with Gasteiger partial charge in [0.2, 0.25) is 17.7 Å². The van der Waals surface area contributed by atoms with Crippen molar-refractivity contribution < 1.29 is 23.9 Å². The molecule has 11 heteroatoms. The normalized spacial score (nSPS) is 18.9. The van der Waals surface area contributed by atoms with Gasteiger partial charge in [0.25, 0.3) is 0 Å². The number of anilines is 2. The molecule has 3 unspecified atom stereocenters. The fourth-order valence-electron chi connectivity index (χ4n) is 6.10. The second kappa shape index (κ2) is 11.6. The van der Waals surface area contributed by atoms with Crippen LogP contribution in [0.4, 0.5) is 11.4 Å². The van der Waals surface area contributed by atoms with Crippen LogP contribution in [-0.4, -0.2) is 41.8 Å². The topological polar surface area (TPSA) is 107 Å². The van der Waals surface area contributed by atoms with Crippen molar-refractivity contribution in [1.82, 2.24) is 4.57 Å². The van der Waals surface area contributed by atoms with E-state index in [0.29, 0.717) is 38.3 Å². The number of amides is 3. The number of carbonyl (C=O) groups excluding carboxylic acids is 3. The van der Waals surface area contributed by atoms with Crippen LogP contribution in [0.3, 0.4) is 0 Å². The van der Waals surface area contributed by atoms with Crippen molar-refractivity contribution in [3.63, 3.8) is 0 Å². The van der Waals surface area contributed by atoms with Crippen LogP contribution < -0.4 is 24.6 Å². The average Bonchev–Trinajstić information content (AvgIpc) is 3.50. The van der Waals surface area contributed by atoms with Gasteiger partial charge in [0.15, 0.2) is 11.5 Å². The highest BCUT2D eigenvalue weighted by molar-refractivity contribution is 8.00. The van der Waals surface area contributed by atoms with Gasteiger partial charge >= 0.3 is 4.87 Å². The van der Waals surface area contributed by atoms with Gasteiger partial charge in [-0.05, 0) is 52.7 Å². The lowest BCUT2D eigenvalue weighted by Gasteiger charge is -2.31. The third kappa shape index (κ3) is 4.98. The molecule has 3 amide bonds. The maximum absolute atomic E-state index is 14.1. The molecule has 1 aromatic heterocycles. The van der Waals surface area contributed by atoms with Crippen LogP contribution in [0.1, 0.15) is 16.4 Å². The van der Waals surface area contributed by atoms with E-state index in [1.807, 2.05) is 54.6 Å². The number of benzene rings is 4. The van der Waals surface area contributed by atoms with Crippen molar-refractivity contribution in [2.45, 2.75) is 22.7 Å². The highest BCUT2D eigenvalue weighted by Crippen LogP contribution is 2.54. The quantitative estimate of drug-likeness (QED) is 0.235. The SMILES string of the molecule is COc1ccc(C2c3sc(=O)n(CC(=O)Nc4ccc5ccccc5c4)c3SC3C(=O)N(c4ccccc4)C(=O)C32)cc1OC. The Hall–Kier alpha value is -4.87. The third-order valence-electron chi connectivity index (χ3n) is 8.17. The van der Waals surface area contributed by atoms with Crippen molar-refractivity contribution in [2.75, 3.05) is 24.4 Å². The first-order valence-corrected chi connectivity index (χ1v) is 15.9. The first-order chi connectivity index (χ1) is 21.9. The molecule has 1 saturated heterocycles. The van der Waals surface area contributed by atoms with Gasteiger partial charge in [-0.15, -0.1) is 0 Å². The summed E-state index contributed by atoms with van der Waals surface area (Å²) in [4.78, 5) is 56.3. The number of fused-ring (bicyclic) bond motifs is 3. The lowest BCUT2D eigenvalue weighted by molar-refractivity contribution is -0.122. The van der Waals surface area contributed by atoms with Crippen LogP contribution in [0.2, 0.25) is 0 Å². The lowest BCUT2D eigenvalue weighted by atomic mass is 9.83. The molecule has 3 atom stereocenters. The minimum Gasteiger partial charge on any atom is -0.493 e. The Morgan fingerprint density at radius 2 is 1.56 bits per heavy atom. The molecule has 0 spiro atoms. The molecule has 0 saturated carbocycles. The minimum absolute atomic E-state index is 0.245. The summed E-state index contributed by atoms with van der Waals surface area (Å²) in [7, 11) is 3.06. The second-order valence-corrected chi connectivity index (χ2v) is 12.9. The Bertz CT molecular complexity index is 2040. The second-order valence-electron chi connectivity index (χ2n) is 10.7. The maximum Gasteiger partial charge on any atom is 0.308 e. The van der Waals surface area contributed by atoms with Crippen molar-refractivity contribution in [2.24, 2.45) is 5.92 Å². The van der Waals surface area contributed by atoms with E-state index in [-0.39, 0.29) is 29.1 Å². The van der Waals surface area contributed by atoms with Gasteiger partial charge in [0, 0.05) is 16.5 Å². The largest absolute Gasteiger partial charge is 0.493 e. The Morgan fingerprint density at radius 3 is 2.31 bits per heavy atom. The Balaban J connectivity index is 1.28. The van der Waals surface area contributed by atoms with Crippen LogP contribution in [-0.2, 0) is 20.9 Å². The van der Waals surface area contributed by atoms with Crippen LogP contribution >= 0.6 is 23.1 Å². The summed E-state index contributed by atoms with van der Waals surface area (Å²) in [5.74, 6) is -1.49. The highest BCUT2D eigenvalue weighted by atomic mass is 32.2. The summed E-state index contributed by atoms with van der Waals surface area (Å²) in [6.45, 7) is -0.245. The standard InChI is InChI=1S/C34H27N3O6S2/c1-42-24-15-13-21(17-25(24)43-2)27-28-29(32(40)37(31(28)39)23-10-4-3-5-11-23)44-33-30(27)45-34(41)36(33)18-26(38)35-22-14-12-19-8-6-7-9-20(19)16-22/h3-17,27-29H,18H2,1-2H3,(H,35,38). The molecular weight excluding hydrogens is 611 g/mol. The number of methoxy groups -OCH3 is 2. The number of carbonyl (C=O) groups is 3. The predicted octanol–water partition coefficient (Wildman–Crippen LogP) is 5.51. The Kier molecular flexibility index (Phi) is 7.42. The fourth-order valence-corrected chi connectivity index (χ4v) is 8.88. The molecule has 0 bridgehead atoms. The number of hydrogen-bond donors (Lipinski definition) is 1. The first-order valence-electron chi connectivity index (χ1n) is 14.2. The smallest absolute Gasteiger partial charge is 0.308 e. The lowest BCUT2D eigenvalue weighted by Crippen LogP contribution is -2.33. The van der Waals surface area contributed by atoms with Crippen molar-refractivity contribution in [1.29, 1.82) is 0 Å². The Labute approximate surface area is 266 Å². The molecule has 45 heavy (non-hydrogen) atoms. The molecule has 3 heterocycles. The van der Waals surface area contributed by atoms with Crippen molar-refractivity contribution >= 4 is 63.0 Å². The number of thioether (sulfide) groups is 1. The number of para-hydroxylation sites is 1. The van der Waals surface area contributed by atoms with Gasteiger partial charge in [0.1, 0.15) is 11.8 Å². The predicted molar refractivity (Wildman–Crippen MR) is 175 cm³/mol. The van der Waals surface area contributed by atoms with E-state index in [1.165, 1.54) is 35.4 Å². The van der Waals surface area contributed by atoms with Gasteiger partial charge in [-0.25, -0.2) is 4.90 Å². The van der Waals surface area contributed by atoms with Crippen LogP contribution in [0.25, 0.3) is 10.8 Å². The van der Waals surface area contributed by atoms with Crippen LogP contribution in [0, 0.1) is 5.92 Å². The van der Waals surface area contributed by atoms with E-state index >= 15 is 0 Å². The molecule has 5 aromatic rings. The Morgan fingerprint density at radius 1 is 0.822 bits per heavy atom. The molecule has 0 radical (unpaired) electrons. The number of aromatic nitrogens is 1. The zero-order valence-corrected chi connectivity index (χ0v) is 25.9. The van der Waals surface area contributed by atoms with Gasteiger partial charge in [-0.2, -0.15) is 0 Å². The molecule has 1 N–H and O–H groups in total. The van der Waals surface area contributed by atoms with E-state index < -0.39 is 17.1 Å². The molecule has 2 aliphatic rings. The third-order valence-corrected chi connectivity index (χ3v) is 10.8. The monoisotopic (exact) mass is 637 g/mol. The molecular formula is C34H27N3O6S2. The van der Waals surface area contributed by atoms with E-state index in [4.69, 9.17) is 9.47 Å². The summed E-state index contributed by atoms with van der Waals surface area (Å²) >= 11 is 2.17. The number of rotatable bonds is 7.